The second-order valence-electron chi connectivity index (χ2n) is 8.53. The molecule has 7 nitrogen and oxygen atoms in total. The van der Waals surface area contributed by atoms with E-state index >= 15 is 0 Å². The number of aryl methyl sites for hydroxylation is 1. The molecule has 1 N–H and O–H groups in total. The maximum absolute atomic E-state index is 13.2. The van der Waals surface area contributed by atoms with E-state index in [1.807, 2.05) is 10.6 Å². The number of rotatable bonds is 10. The number of benzene rings is 1. The highest BCUT2D eigenvalue weighted by Gasteiger charge is 2.37. The van der Waals surface area contributed by atoms with Crippen molar-refractivity contribution in [3.8, 4) is 0 Å². The molecule has 1 aromatic carbocycles. The number of ether oxygens (including phenoxy) is 1. The minimum atomic E-state index is -5.06. The Labute approximate surface area is 211 Å². The molecule has 0 aliphatic heterocycles. The number of methoxy groups -OCH3 is 1. The van der Waals surface area contributed by atoms with Gasteiger partial charge in [-0.05, 0) is 43.7 Å². The molecule has 0 aliphatic carbocycles. The largest absolute Gasteiger partial charge is 0.416 e. The molecule has 0 saturated carbocycles. The highest BCUT2D eigenvalue weighted by Crippen LogP contribution is 2.37. The van der Waals surface area contributed by atoms with Crippen molar-refractivity contribution in [2.45, 2.75) is 45.2 Å². The number of amides is 3. The molecule has 1 unspecified atom stereocenters. The molecule has 1 aromatic heterocycles. The van der Waals surface area contributed by atoms with Gasteiger partial charge in [-0.3, -0.25) is 4.79 Å². The van der Waals surface area contributed by atoms with Crippen LogP contribution in [0.4, 0.5) is 36.8 Å². The third kappa shape index (κ3) is 8.41. The van der Waals surface area contributed by atoms with Gasteiger partial charge in [-0.25, -0.2) is 4.79 Å². The molecule has 206 valence electrons. The summed E-state index contributed by atoms with van der Waals surface area (Å²) in [6.45, 7) is 3.55. The minimum Gasteiger partial charge on any atom is -0.383 e. The predicted molar refractivity (Wildman–Crippen MR) is 125 cm³/mol. The fraction of sp³-hybridized carbons (Fsp3) is 0.500. The average molecular weight is 537 g/mol. The van der Waals surface area contributed by atoms with Crippen molar-refractivity contribution < 1.29 is 40.7 Å². The molecular weight excluding hydrogens is 506 g/mol. The van der Waals surface area contributed by atoms with Gasteiger partial charge in [0.1, 0.15) is 6.54 Å². The van der Waals surface area contributed by atoms with Gasteiger partial charge in [-0.15, -0.1) is 0 Å². The van der Waals surface area contributed by atoms with Crippen LogP contribution in [-0.4, -0.2) is 59.2 Å². The normalized spacial score (nSPS) is 12.8. The van der Waals surface area contributed by atoms with Crippen molar-refractivity contribution in [3.63, 3.8) is 0 Å². The van der Waals surface area contributed by atoms with Gasteiger partial charge in [0.05, 0.1) is 24.3 Å². The lowest BCUT2D eigenvalue weighted by Gasteiger charge is -2.31. The SMILES string of the molecule is CCC(C)N(CC(=O)N(CCOC)Cc1cccn1C)C(=O)Nc1cc(C(F)(F)F)cc(C(F)(F)F)c1. The Morgan fingerprint density at radius 2 is 1.68 bits per heavy atom. The summed E-state index contributed by atoms with van der Waals surface area (Å²) in [5, 5.41) is 2.11. The fourth-order valence-corrected chi connectivity index (χ4v) is 3.47. The van der Waals surface area contributed by atoms with Gasteiger partial charge in [0.25, 0.3) is 0 Å². The number of halogens is 6. The third-order valence-corrected chi connectivity index (χ3v) is 5.85. The summed E-state index contributed by atoms with van der Waals surface area (Å²) in [5.41, 5.74) is -2.99. The lowest BCUT2D eigenvalue weighted by atomic mass is 10.1. The van der Waals surface area contributed by atoms with E-state index in [2.05, 4.69) is 5.32 Å². The van der Waals surface area contributed by atoms with Gasteiger partial charge in [0.2, 0.25) is 5.91 Å². The number of hydrogen-bond donors (Lipinski definition) is 1. The molecule has 0 saturated heterocycles. The molecule has 37 heavy (non-hydrogen) atoms. The van der Waals surface area contributed by atoms with Crippen LogP contribution in [0.25, 0.3) is 0 Å². The van der Waals surface area contributed by atoms with Gasteiger partial charge in [-0.2, -0.15) is 26.3 Å². The van der Waals surface area contributed by atoms with Crippen LogP contribution in [0.1, 0.15) is 37.1 Å². The van der Waals surface area contributed by atoms with Crippen LogP contribution in [0.15, 0.2) is 36.5 Å². The molecule has 0 spiro atoms. The zero-order valence-corrected chi connectivity index (χ0v) is 20.9. The molecule has 0 radical (unpaired) electrons. The standard InChI is InChI=1S/C24H30F6N4O3/c1-5-16(2)34(15-21(35)33(9-10-37-4)14-20-7-6-8-32(20)3)22(36)31-19-12-17(23(25,26)27)11-18(13-19)24(28,29)30/h6-8,11-13,16H,5,9-10,14-15H2,1-4H3,(H,31,36). The van der Waals surface area contributed by atoms with Crippen LogP contribution < -0.4 is 5.32 Å². The van der Waals surface area contributed by atoms with E-state index in [1.165, 1.54) is 12.0 Å². The topological polar surface area (TPSA) is 66.8 Å². The summed E-state index contributed by atoms with van der Waals surface area (Å²) >= 11 is 0. The molecule has 2 aromatic rings. The van der Waals surface area contributed by atoms with Gasteiger partial charge in [-0.1, -0.05) is 6.92 Å². The lowest BCUT2D eigenvalue weighted by molar-refractivity contribution is -0.143. The summed E-state index contributed by atoms with van der Waals surface area (Å²) in [5.74, 6) is -0.464. The van der Waals surface area contributed by atoms with E-state index in [-0.39, 0.29) is 25.8 Å². The molecular formula is C24H30F6N4O3. The molecule has 13 heteroatoms. The zero-order chi connectivity index (χ0) is 28.0. The monoisotopic (exact) mass is 536 g/mol. The van der Waals surface area contributed by atoms with Crippen molar-refractivity contribution in [2.75, 3.05) is 32.1 Å². The number of carbonyl (C=O) groups excluding carboxylic acids is 2. The molecule has 2 rings (SSSR count). The molecule has 1 heterocycles. The fourth-order valence-electron chi connectivity index (χ4n) is 3.47. The first-order valence-electron chi connectivity index (χ1n) is 11.4. The lowest BCUT2D eigenvalue weighted by Crippen LogP contribution is -2.48. The molecule has 0 aliphatic rings. The average Bonchev–Trinajstić information content (AvgIpc) is 3.22. The smallest absolute Gasteiger partial charge is 0.383 e. The number of hydrogen-bond acceptors (Lipinski definition) is 3. The number of urea groups is 1. The first kappa shape index (κ1) is 30.0. The van der Waals surface area contributed by atoms with Crippen molar-refractivity contribution in [1.29, 1.82) is 0 Å². The maximum Gasteiger partial charge on any atom is 0.416 e. The van der Waals surface area contributed by atoms with Crippen molar-refractivity contribution in [1.82, 2.24) is 14.4 Å². The summed E-state index contributed by atoms with van der Waals surface area (Å²) in [4.78, 5) is 28.8. The number of carbonyl (C=O) groups is 2. The van der Waals surface area contributed by atoms with Crippen molar-refractivity contribution in [3.05, 3.63) is 53.3 Å². The van der Waals surface area contributed by atoms with E-state index in [0.717, 1.165) is 10.6 Å². The Hall–Kier alpha value is -3.22. The van der Waals surface area contributed by atoms with Crippen LogP contribution in [0.2, 0.25) is 0 Å². The molecule has 0 fully saturated rings. The highest BCUT2D eigenvalue weighted by atomic mass is 19.4. The summed E-state index contributed by atoms with van der Waals surface area (Å²) < 4.78 is 86.1. The van der Waals surface area contributed by atoms with Gasteiger partial charge >= 0.3 is 18.4 Å². The first-order valence-corrected chi connectivity index (χ1v) is 11.4. The van der Waals surface area contributed by atoms with E-state index in [9.17, 15) is 35.9 Å². The van der Waals surface area contributed by atoms with E-state index in [1.54, 1.807) is 33.2 Å². The first-order chi connectivity index (χ1) is 17.2. The van der Waals surface area contributed by atoms with Gasteiger partial charge in [0.15, 0.2) is 0 Å². The van der Waals surface area contributed by atoms with Gasteiger partial charge < -0.3 is 24.4 Å². The van der Waals surface area contributed by atoms with Crippen molar-refractivity contribution >= 4 is 17.6 Å². The molecule has 0 bridgehead atoms. The third-order valence-electron chi connectivity index (χ3n) is 5.85. The zero-order valence-electron chi connectivity index (χ0n) is 20.9. The van der Waals surface area contributed by atoms with Crippen LogP contribution in [0.5, 0.6) is 0 Å². The highest BCUT2D eigenvalue weighted by molar-refractivity contribution is 5.92. The Kier molecular flexibility index (Phi) is 10.0. The Balaban J connectivity index is 2.31. The minimum absolute atomic E-state index is 0.0249. The van der Waals surface area contributed by atoms with Crippen LogP contribution in [-0.2, 0) is 35.5 Å². The Morgan fingerprint density at radius 3 is 2.14 bits per heavy atom. The quantitative estimate of drug-likeness (QED) is 0.416. The molecule has 1 atom stereocenters. The van der Waals surface area contributed by atoms with Crippen LogP contribution in [0, 0.1) is 0 Å². The summed E-state index contributed by atoms with van der Waals surface area (Å²) in [7, 11) is 3.27. The van der Waals surface area contributed by atoms with E-state index in [4.69, 9.17) is 4.74 Å². The summed E-state index contributed by atoms with van der Waals surface area (Å²) in [6, 6.07) is 2.89. The second kappa shape index (κ2) is 12.3. The number of nitrogens with one attached hydrogen (secondary N) is 1. The van der Waals surface area contributed by atoms with Crippen molar-refractivity contribution in [2.24, 2.45) is 7.05 Å². The number of alkyl halides is 6. The Morgan fingerprint density at radius 1 is 1.08 bits per heavy atom. The Bertz CT molecular complexity index is 1040. The van der Waals surface area contributed by atoms with E-state index < -0.39 is 53.7 Å². The van der Waals surface area contributed by atoms with Crippen LogP contribution >= 0.6 is 0 Å². The number of aromatic nitrogens is 1. The van der Waals surface area contributed by atoms with Gasteiger partial charge in [0, 0.05) is 44.3 Å². The maximum atomic E-state index is 13.2. The predicted octanol–water partition coefficient (Wildman–Crippen LogP) is 5.37. The summed E-state index contributed by atoms with van der Waals surface area (Å²) in [6.07, 6.45) is -7.94. The number of anilines is 1. The molecule has 3 amide bonds. The number of nitrogens with zero attached hydrogens (tertiary/aromatic N) is 3. The van der Waals surface area contributed by atoms with Crippen LogP contribution in [0.3, 0.4) is 0 Å². The second-order valence-corrected chi connectivity index (χ2v) is 8.53. The van der Waals surface area contributed by atoms with E-state index in [0.29, 0.717) is 18.6 Å².